The fourth-order valence-electron chi connectivity index (χ4n) is 1.68. The zero-order chi connectivity index (χ0) is 15.2. The van der Waals surface area contributed by atoms with Crippen molar-refractivity contribution in [3.63, 3.8) is 0 Å². The van der Waals surface area contributed by atoms with Crippen LogP contribution in [0.25, 0.3) is 0 Å². The topological polar surface area (TPSA) is 70.5 Å². The molecule has 0 saturated carbocycles. The van der Waals surface area contributed by atoms with Gasteiger partial charge in [-0.05, 0) is 25.1 Å². The van der Waals surface area contributed by atoms with E-state index in [4.69, 9.17) is 9.47 Å². The molecule has 1 aromatic carbocycles. The summed E-state index contributed by atoms with van der Waals surface area (Å²) < 4.78 is 15.5. The zero-order valence-electron chi connectivity index (χ0n) is 12.1. The average molecular weight is 288 g/mol. The summed E-state index contributed by atoms with van der Waals surface area (Å²) in [5.74, 6) is 0.551. The van der Waals surface area contributed by atoms with Crippen LogP contribution in [-0.4, -0.2) is 30.2 Å². The van der Waals surface area contributed by atoms with Gasteiger partial charge in [-0.15, -0.1) is 0 Å². The first-order chi connectivity index (χ1) is 10.1. The highest BCUT2D eigenvalue weighted by atomic mass is 16.5. The van der Waals surface area contributed by atoms with Crippen LogP contribution in [0.2, 0.25) is 0 Å². The van der Waals surface area contributed by atoms with Crippen molar-refractivity contribution >= 4 is 5.97 Å². The highest BCUT2D eigenvalue weighted by Crippen LogP contribution is 2.28. The predicted octanol–water partition coefficient (Wildman–Crippen LogP) is 2.16. The van der Waals surface area contributed by atoms with Crippen molar-refractivity contribution in [1.82, 2.24) is 9.97 Å². The second-order valence-corrected chi connectivity index (χ2v) is 4.30. The molecule has 0 unspecified atom stereocenters. The van der Waals surface area contributed by atoms with Crippen molar-refractivity contribution in [2.24, 2.45) is 0 Å². The molecule has 0 aliphatic heterocycles. The monoisotopic (exact) mass is 288 g/mol. The number of carbonyl (C=O) groups excluding carboxylic acids is 1. The third-order valence-electron chi connectivity index (χ3n) is 2.79. The second-order valence-electron chi connectivity index (χ2n) is 4.30. The first kappa shape index (κ1) is 14.8. The Hall–Kier alpha value is -2.63. The van der Waals surface area contributed by atoms with Crippen LogP contribution in [0.4, 0.5) is 0 Å². The smallest absolute Gasteiger partial charge is 0.337 e. The molecule has 0 N–H and O–H groups in total. The van der Waals surface area contributed by atoms with Crippen LogP contribution in [0.1, 0.15) is 21.7 Å². The lowest BCUT2D eigenvalue weighted by Gasteiger charge is -2.11. The number of aromatic nitrogens is 2. The van der Waals surface area contributed by atoms with Crippen LogP contribution in [0.3, 0.4) is 0 Å². The molecular weight excluding hydrogens is 272 g/mol. The molecule has 0 atom stereocenters. The van der Waals surface area contributed by atoms with E-state index < -0.39 is 5.97 Å². The molecule has 21 heavy (non-hydrogen) atoms. The molecule has 0 radical (unpaired) electrons. The van der Waals surface area contributed by atoms with Crippen molar-refractivity contribution in [1.29, 1.82) is 0 Å². The van der Waals surface area contributed by atoms with Gasteiger partial charge in [0.2, 0.25) is 0 Å². The van der Waals surface area contributed by atoms with E-state index in [1.165, 1.54) is 14.2 Å². The molecule has 2 aromatic rings. The number of esters is 1. The Labute approximate surface area is 122 Å². The third-order valence-corrected chi connectivity index (χ3v) is 2.79. The van der Waals surface area contributed by atoms with E-state index in [1.807, 2.05) is 6.92 Å². The number of nitrogens with zero attached hydrogens (tertiary/aromatic N) is 2. The quantitative estimate of drug-likeness (QED) is 0.785. The predicted molar refractivity (Wildman–Crippen MR) is 75.4 cm³/mol. The highest BCUT2D eigenvalue weighted by molar-refractivity contribution is 5.90. The van der Waals surface area contributed by atoms with Crippen LogP contribution in [-0.2, 0) is 11.3 Å². The van der Waals surface area contributed by atoms with Crippen molar-refractivity contribution in [2.75, 3.05) is 14.2 Å². The molecule has 2 rings (SSSR count). The number of aryl methyl sites for hydroxylation is 1. The number of carbonyl (C=O) groups is 1. The van der Waals surface area contributed by atoms with E-state index in [2.05, 4.69) is 14.7 Å². The summed E-state index contributed by atoms with van der Waals surface area (Å²) in [6.07, 6.45) is 3.33. The molecule has 0 fully saturated rings. The van der Waals surface area contributed by atoms with Crippen LogP contribution in [0.15, 0.2) is 30.6 Å². The number of benzene rings is 1. The van der Waals surface area contributed by atoms with Gasteiger partial charge >= 0.3 is 5.97 Å². The lowest BCUT2D eigenvalue weighted by atomic mass is 10.2. The van der Waals surface area contributed by atoms with Gasteiger partial charge in [0.15, 0.2) is 11.5 Å². The summed E-state index contributed by atoms with van der Waals surface area (Å²) in [5, 5.41) is 0. The van der Waals surface area contributed by atoms with Crippen molar-refractivity contribution in [3.05, 3.63) is 47.5 Å². The number of rotatable bonds is 5. The summed E-state index contributed by atoms with van der Waals surface area (Å²) >= 11 is 0. The van der Waals surface area contributed by atoms with Gasteiger partial charge in [0.25, 0.3) is 0 Å². The van der Waals surface area contributed by atoms with Gasteiger partial charge in [0, 0.05) is 6.20 Å². The Bertz CT molecular complexity index is 626. The maximum absolute atomic E-state index is 11.5. The van der Waals surface area contributed by atoms with Crippen molar-refractivity contribution in [2.45, 2.75) is 13.5 Å². The van der Waals surface area contributed by atoms with Gasteiger partial charge in [0.1, 0.15) is 6.61 Å². The summed E-state index contributed by atoms with van der Waals surface area (Å²) in [5.41, 5.74) is 1.95. The van der Waals surface area contributed by atoms with Gasteiger partial charge in [-0.1, -0.05) is 0 Å². The largest absolute Gasteiger partial charge is 0.493 e. The van der Waals surface area contributed by atoms with Crippen molar-refractivity contribution < 1.29 is 19.0 Å². The van der Waals surface area contributed by atoms with Gasteiger partial charge < -0.3 is 14.2 Å². The fraction of sp³-hybridized carbons (Fsp3) is 0.267. The summed E-state index contributed by atoms with van der Waals surface area (Å²) in [6.45, 7) is 2.13. The molecule has 1 aromatic heterocycles. The van der Waals surface area contributed by atoms with Crippen LogP contribution < -0.4 is 9.47 Å². The molecular formula is C15H16N2O4. The van der Waals surface area contributed by atoms with Gasteiger partial charge in [-0.2, -0.15) is 0 Å². The normalized spacial score (nSPS) is 10.0. The average Bonchev–Trinajstić information content (AvgIpc) is 2.53. The molecule has 0 aliphatic rings. The zero-order valence-corrected chi connectivity index (χ0v) is 12.1. The van der Waals surface area contributed by atoms with E-state index >= 15 is 0 Å². The lowest BCUT2D eigenvalue weighted by Crippen LogP contribution is -2.04. The van der Waals surface area contributed by atoms with Gasteiger partial charge in [0.05, 0.1) is 37.4 Å². The first-order valence-electron chi connectivity index (χ1n) is 6.30. The lowest BCUT2D eigenvalue weighted by molar-refractivity contribution is 0.0600. The summed E-state index contributed by atoms with van der Waals surface area (Å²) in [6, 6.07) is 4.85. The number of hydrogen-bond donors (Lipinski definition) is 0. The van der Waals surface area contributed by atoms with Crippen LogP contribution in [0, 0.1) is 6.92 Å². The van der Waals surface area contributed by atoms with Gasteiger partial charge in [-0.25, -0.2) is 4.79 Å². The second kappa shape index (κ2) is 6.69. The van der Waals surface area contributed by atoms with Crippen molar-refractivity contribution in [3.8, 4) is 11.5 Å². The molecule has 110 valence electrons. The van der Waals surface area contributed by atoms with E-state index in [-0.39, 0.29) is 6.61 Å². The third kappa shape index (κ3) is 3.68. The molecule has 0 saturated heterocycles. The minimum atomic E-state index is -0.427. The molecule has 6 nitrogen and oxygen atoms in total. The minimum Gasteiger partial charge on any atom is -0.493 e. The summed E-state index contributed by atoms with van der Waals surface area (Å²) in [7, 11) is 2.84. The maximum Gasteiger partial charge on any atom is 0.337 e. The Balaban J connectivity index is 2.12. The summed E-state index contributed by atoms with van der Waals surface area (Å²) in [4.78, 5) is 19.8. The highest BCUT2D eigenvalue weighted by Gasteiger charge is 2.11. The Morgan fingerprint density at radius 2 is 1.95 bits per heavy atom. The van der Waals surface area contributed by atoms with Crippen LogP contribution in [0.5, 0.6) is 11.5 Å². The Morgan fingerprint density at radius 1 is 1.14 bits per heavy atom. The van der Waals surface area contributed by atoms with Gasteiger partial charge in [-0.3, -0.25) is 9.97 Å². The van der Waals surface area contributed by atoms with Crippen LogP contribution >= 0.6 is 0 Å². The fourth-order valence-corrected chi connectivity index (χ4v) is 1.68. The Kier molecular flexibility index (Phi) is 4.71. The van der Waals surface area contributed by atoms with E-state index in [0.29, 0.717) is 22.8 Å². The first-order valence-corrected chi connectivity index (χ1v) is 6.30. The minimum absolute atomic E-state index is 0.265. The van der Waals surface area contributed by atoms with E-state index in [1.54, 1.807) is 30.6 Å². The molecule has 6 heteroatoms. The molecule has 1 heterocycles. The van der Waals surface area contributed by atoms with E-state index in [9.17, 15) is 4.79 Å². The molecule has 0 spiro atoms. The SMILES string of the molecule is COC(=O)c1ccc(OCc2cnc(C)cn2)c(OC)c1. The maximum atomic E-state index is 11.5. The molecule has 0 bridgehead atoms. The molecule has 0 aliphatic carbocycles. The molecule has 0 amide bonds. The number of ether oxygens (including phenoxy) is 3. The Morgan fingerprint density at radius 3 is 2.57 bits per heavy atom. The van der Waals surface area contributed by atoms with E-state index in [0.717, 1.165) is 5.69 Å². The standard InChI is InChI=1S/C15H16N2O4/c1-10-7-17-12(8-16-10)9-21-13-5-4-11(15(18)20-3)6-14(13)19-2/h4-8H,9H2,1-3H3. The number of methoxy groups -OCH3 is 2. The number of hydrogen-bond acceptors (Lipinski definition) is 6.